The molecule has 1 aromatic carbocycles. The number of aromatic nitrogens is 3. The molecule has 1 unspecified atom stereocenters. The van der Waals surface area contributed by atoms with E-state index in [9.17, 15) is 4.39 Å². The van der Waals surface area contributed by atoms with Gasteiger partial charge in [0.2, 0.25) is 5.95 Å². The molecule has 0 amide bonds. The number of aryl methyl sites for hydroxylation is 1. The molecule has 3 N–H and O–H groups in total. The Bertz CT molecular complexity index is 589. The normalized spacial score (nSPS) is 19.4. The minimum atomic E-state index is -0.266. The third-order valence-corrected chi connectivity index (χ3v) is 3.53. The molecule has 1 aliphatic rings. The number of benzene rings is 1. The average molecular weight is 275 g/mol. The number of nitrogens with two attached hydrogens (primary N) is 1. The summed E-state index contributed by atoms with van der Waals surface area (Å²) in [5.74, 6) is 0.955. The van der Waals surface area contributed by atoms with E-state index in [0.717, 1.165) is 31.5 Å². The summed E-state index contributed by atoms with van der Waals surface area (Å²) in [6.45, 7) is 3.53. The van der Waals surface area contributed by atoms with E-state index in [-0.39, 0.29) is 11.9 Å². The molecule has 0 saturated carbocycles. The average Bonchev–Trinajstić information content (AvgIpc) is 2.87. The van der Waals surface area contributed by atoms with Crippen LogP contribution in [0.3, 0.4) is 0 Å². The van der Waals surface area contributed by atoms with Gasteiger partial charge in [-0.05, 0) is 43.5 Å². The molecule has 1 fully saturated rings. The van der Waals surface area contributed by atoms with Crippen LogP contribution in [0.15, 0.2) is 18.2 Å². The highest BCUT2D eigenvalue weighted by Gasteiger charge is 2.20. The summed E-state index contributed by atoms with van der Waals surface area (Å²) in [6, 6.07) is 5.00. The first-order chi connectivity index (χ1) is 9.61. The van der Waals surface area contributed by atoms with Crippen molar-refractivity contribution >= 4 is 5.95 Å². The monoisotopic (exact) mass is 275 g/mol. The molecule has 20 heavy (non-hydrogen) atoms. The van der Waals surface area contributed by atoms with Crippen LogP contribution in [-0.2, 0) is 0 Å². The van der Waals surface area contributed by atoms with E-state index in [0.29, 0.717) is 17.3 Å². The fraction of sp³-hybridized carbons (Fsp3) is 0.429. The summed E-state index contributed by atoms with van der Waals surface area (Å²) in [5, 5.41) is 7.10. The van der Waals surface area contributed by atoms with Crippen molar-refractivity contribution in [3.05, 3.63) is 29.6 Å². The molecule has 1 aromatic heterocycles. The van der Waals surface area contributed by atoms with Gasteiger partial charge in [0, 0.05) is 24.7 Å². The van der Waals surface area contributed by atoms with Crippen LogP contribution in [0.2, 0.25) is 0 Å². The Kier molecular flexibility index (Phi) is 3.40. The topological polar surface area (TPSA) is 70.8 Å². The van der Waals surface area contributed by atoms with E-state index >= 15 is 0 Å². The lowest BCUT2D eigenvalue weighted by Crippen LogP contribution is -2.43. The molecule has 6 heteroatoms. The lowest BCUT2D eigenvalue weighted by Gasteiger charge is -2.29. The van der Waals surface area contributed by atoms with Crippen LogP contribution in [0.4, 0.5) is 10.3 Å². The number of rotatable bonds is 2. The predicted octanol–water partition coefficient (Wildman–Crippen LogP) is 1.85. The lowest BCUT2D eigenvalue weighted by atomic mass is 10.1. The number of aromatic amines is 1. The van der Waals surface area contributed by atoms with Crippen LogP contribution in [0, 0.1) is 12.7 Å². The third kappa shape index (κ3) is 2.65. The summed E-state index contributed by atoms with van der Waals surface area (Å²) in [4.78, 5) is 6.53. The number of nitrogens with zero attached hydrogens (tertiary/aromatic N) is 3. The Morgan fingerprint density at radius 1 is 1.40 bits per heavy atom. The molecule has 1 atom stereocenters. The number of halogens is 1. The van der Waals surface area contributed by atoms with Gasteiger partial charge in [0.25, 0.3) is 0 Å². The maximum atomic E-state index is 13.4. The van der Waals surface area contributed by atoms with Gasteiger partial charge in [0.05, 0.1) is 0 Å². The number of H-pyrrole nitrogens is 1. The Morgan fingerprint density at radius 2 is 2.25 bits per heavy atom. The highest BCUT2D eigenvalue weighted by molar-refractivity contribution is 5.57. The SMILES string of the molecule is Cc1cc(F)cc(-c2nc(N3CCCC(N)C3)n[nH]2)c1. The molecule has 3 rings (SSSR count). The van der Waals surface area contributed by atoms with Gasteiger partial charge >= 0.3 is 0 Å². The molecule has 1 saturated heterocycles. The van der Waals surface area contributed by atoms with Gasteiger partial charge < -0.3 is 10.6 Å². The largest absolute Gasteiger partial charge is 0.338 e. The number of hydrogen-bond acceptors (Lipinski definition) is 4. The van der Waals surface area contributed by atoms with Gasteiger partial charge in [0.1, 0.15) is 5.82 Å². The van der Waals surface area contributed by atoms with Crippen molar-refractivity contribution < 1.29 is 4.39 Å². The van der Waals surface area contributed by atoms with Crippen LogP contribution < -0.4 is 10.6 Å². The van der Waals surface area contributed by atoms with Crippen LogP contribution in [0.1, 0.15) is 18.4 Å². The molecule has 1 aliphatic heterocycles. The molecule has 106 valence electrons. The fourth-order valence-corrected chi connectivity index (χ4v) is 2.59. The number of piperidine rings is 1. The van der Waals surface area contributed by atoms with Crippen molar-refractivity contribution in [3.8, 4) is 11.4 Å². The van der Waals surface area contributed by atoms with Crippen molar-refractivity contribution in [1.82, 2.24) is 15.2 Å². The minimum absolute atomic E-state index is 0.169. The first-order valence-electron chi connectivity index (χ1n) is 6.82. The summed E-state index contributed by atoms with van der Waals surface area (Å²) >= 11 is 0. The van der Waals surface area contributed by atoms with Crippen LogP contribution >= 0.6 is 0 Å². The summed E-state index contributed by atoms with van der Waals surface area (Å²) in [7, 11) is 0. The quantitative estimate of drug-likeness (QED) is 0.877. The zero-order chi connectivity index (χ0) is 14.1. The van der Waals surface area contributed by atoms with Crippen LogP contribution in [0.5, 0.6) is 0 Å². The van der Waals surface area contributed by atoms with Crippen molar-refractivity contribution in [2.75, 3.05) is 18.0 Å². The van der Waals surface area contributed by atoms with E-state index in [2.05, 4.69) is 20.1 Å². The second kappa shape index (κ2) is 5.20. The summed E-state index contributed by atoms with van der Waals surface area (Å²) < 4.78 is 13.4. The molecular weight excluding hydrogens is 257 g/mol. The molecule has 5 nitrogen and oxygen atoms in total. The molecule has 2 heterocycles. The number of anilines is 1. The molecular formula is C14H18FN5. The Morgan fingerprint density at radius 3 is 3.00 bits per heavy atom. The van der Waals surface area contributed by atoms with E-state index in [1.807, 2.05) is 13.0 Å². The Hall–Kier alpha value is -1.95. The summed E-state index contributed by atoms with van der Waals surface area (Å²) in [5.41, 5.74) is 7.53. The molecule has 2 aromatic rings. The predicted molar refractivity (Wildman–Crippen MR) is 75.9 cm³/mol. The fourth-order valence-electron chi connectivity index (χ4n) is 2.59. The van der Waals surface area contributed by atoms with Crippen LogP contribution in [0.25, 0.3) is 11.4 Å². The van der Waals surface area contributed by atoms with Crippen molar-refractivity contribution in [2.45, 2.75) is 25.8 Å². The van der Waals surface area contributed by atoms with Gasteiger partial charge in [-0.2, -0.15) is 4.98 Å². The summed E-state index contributed by atoms with van der Waals surface area (Å²) in [6.07, 6.45) is 2.08. The number of nitrogens with one attached hydrogen (secondary N) is 1. The zero-order valence-electron chi connectivity index (χ0n) is 11.4. The highest BCUT2D eigenvalue weighted by Crippen LogP contribution is 2.21. The molecule has 0 radical (unpaired) electrons. The highest BCUT2D eigenvalue weighted by atomic mass is 19.1. The van der Waals surface area contributed by atoms with Crippen molar-refractivity contribution in [1.29, 1.82) is 0 Å². The first-order valence-corrected chi connectivity index (χ1v) is 6.82. The minimum Gasteiger partial charge on any atom is -0.338 e. The van der Waals surface area contributed by atoms with Gasteiger partial charge in [-0.15, -0.1) is 5.10 Å². The number of hydrogen-bond donors (Lipinski definition) is 2. The molecule has 0 spiro atoms. The maximum Gasteiger partial charge on any atom is 0.245 e. The second-order valence-corrected chi connectivity index (χ2v) is 5.35. The van der Waals surface area contributed by atoms with E-state index in [4.69, 9.17) is 5.73 Å². The van der Waals surface area contributed by atoms with Gasteiger partial charge in [-0.25, -0.2) is 4.39 Å². The van der Waals surface area contributed by atoms with Gasteiger partial charge in [-0.3, -0.25) is 5.10 Å². The van der Waals surface area contributed by atoms with Crippen molar-refractivity contribution in [2.24, 2.45) is 5.73 Å². The van der Waals surface area contributed by atoms with Crippen molar-refractivity contribution in [3.63, 3.8) is 0 Å². The van der Waals surface area contributed by atoms with E-state index in [1.165, 1.54) is 12.1 Å². The Balaban J connectivity index is 1.86. The van der Waals surface area contributed by atoms with Gasteiger partial charge in [0.15, 0.2) is 5.82 Å². The smallest absolute Gasteiger partial charge is 0.245 e. The van der Waals surface area contributed by atoms with E-state index in [1.54, 1.807) is 0 Å². The molecule has 0 aliphatic carbocycles. The standard InChI is InChI=1S/C14H18FN5/c1-9-5-10(7-11(15)6-9)13-17-14(19-18-13)20-4-2-3-12(16)8-20/h5-7,12H,2-4,8,16H2,1H3,(H,17,18,19). The molecule has 0 bridgehead atoms. The lowest BCUT2D eigenvalue weighted by molar-refractivity contribution is 0.500. The maximum absolute atomic E-state index is 13.4. The zero-order valence-corrected chi connectivity index (χ0v) is 11.4. The van der Waals surface area contributed by atoms with E-state index < -0.39 is 0 Å². The second-order valence-electron chi connectivity index (χ2n) is 5.35. The first kappa shape index (κ1) is 13.1. The Labute approximate surface area is 117 Å². The van der Waals surface area contributed by atoms with Gasteiger partial charge in [-0.1, -0.05) is 0 Å². The van der Waals surface area contributed by atoms with Crippen LogP contribution in [-0.4, -0.2) is 34.3 Å². The third-order valence-electron chi connectivity index (χ3n) is 3.53.